The molecule has 440 valence electrons. The first-order valence-electron chi connectivity index (χ1n) is 28.4. The van der Waals surface area contributed by atoms with Gasteiger partial charge in [0.1, 0.15) is 13.1 Å². The van der Waals surface area contributed by atoms with E-state index in [4.69, 9.17) is 50.0 Å². The number of benzene rings is 9. The summed E-state index contributed by atoms with van der Waals surface area (Å²) < 4.78 is 0. The number of anilines is 8. The van der Waals surface area contributed by atoms with E-state index in [2.05, 4.69) is 62.0 Å². The molecule has 0 radical (unpaired) electrons. The van der Waals surface area contributed by atoms with Gasteiger partial charge in [0.05, 0.1) is 73.9 Å². The zero-order valence-electron chi connectivity index (χ0n) is 50.3. The molecule has 0 fully saturated rings. The number of nitrogens with zero attached hydrogens (tertiary/aromatic N) is 16. The molecule has 94 heavy (non-hydrogen) atoms. The fourth-order valence-electron chi connectivity index (χ4n) is 10.1. The average molecular weight is 1210 g/mol. The molecule has 0 amide bonds. The first kappa shape index (κ1) is 65.0. The molecular formula is C78H48N16. The maximum absolute atomic E-state index is 9.92. The van der Waals surface area contributed by atoms with E-state index in [9.17, 15) is 21.0 Å². The Hall–Kier alpha value is -15.0. The van der Waals surface area contributed by atoms with Crippen molar-refractivity contribution in [3.05, 3.63) is 367 Å². The van der Waals surface area contributed by atoms with Crippen LogP contribution in [0.3, 0.4) is 0 Å². The van der Waals surface area contributed by atoms with Crippen LogP contribution in [0, 0.1) is 107 Å². The van der Waals surface area contributed by atoms with Gasteiger partial charge in [-0.25, -0.2) is 35.2 Å². The monoisotopic (exact) mass is 1210 g/mol. The van der Waals surface area contributed by atoms with Crippen LogP contribution in [0.5, 0.6) is 0 Å². The molecule has 0 unspecified atom stereocenters. The van der Waals surface area contributed by atoms with Crippen LogP contribution in [0.4, 0.5) is 45.5 Å². The molecule has 0 aromatic heterocycles. The van der Waals surface area contributed by atoms with Gasteiger partial charge in [-0.05, 0) is 136 Å². The first-order valence-corrected chi connectivity index (χ1v) is 28.4. The van der Waals surface area contributed by atoms with Crippen LogP contribution >= 0.6 is 0 Å². The van der Waals surface area contributed by atoms with Gasteiger partial charge in [0, 0.05) is 72.2 Å². The van der Waals surface area contributed by atoms with Crippen molar-refractivity contribution in [2.24, 2.45) is 0 Å². The van der Waals surface area contributed by atoms with E-state index in [0.717, 1.165) is 62.2 Å². The molecule has 0 aliphatic heterocycles. The number of hydrogen-bond donors (Lipinski definition) is 0. The van der Waals surface area contributed by atoms with Gasteiger partial charge >= 0.3 is 5.82 Å². The van der Waals surface area contributed by atoms with Crippen LogP contribution in [0.25, 0.3) is 51.5 Å². The molecule has 0 saturated carbocycles. The fourth-order valence-corrected chi connectivity index (χ4v) is 10.1. The second-order valence-electron chi connectivity index (χ2n) is 20.2. The van der Waals surface area contributed by atoms with E-state index in [1.807, 2.05) is 212 Å². The van der Waals surface area contributed by atoms with Crippen molar-refractivity contribution in [2.75, 3.05) is 26.6 Å². The minimum atomic E-state index is -0.300. The highest BCUT2D eigenvalue weighted by Crippen LogP contribution is 2.36. The summed E-state index contributed by atoms with van der Waals surface area (Å²) in [4.78, 5) is 28.1. The van der Waals surface area contributed by atoms with E-state index in [-0.39, 0.29) is 45.3 Å². The maximum atomic E-state index is 9.92. The Balaban J connectivity index is 0.000000434. The van der Waals surface area contributed by atoms with Crippen LogP contribution in [0.2, 0.25) is 0 Å². The van der Waals surface area contributed by atoms with Gasteiger partial charge < -0.3 is 19.6 Å². The predicted octanol–water partition coefficient (Wildman–Crippen LogP) is 18.6. The van der Waals surface area contributed by atoms with Crippen LogP contribution < -0.4 is 19.6 Å². The van der Waals surface area contributed by atoms with Crippen molar-refractivity contribution in [1.82, 2.24) is 0 Å². The van der Waals surface area contributed by atoms with Crippen molar-refractivity contribution in [2.45, 2.75) is 19.6 Å². The van der Waals surface area contributed by atoms with E-state index >= 15 is 0 Å². The quantitative estimate of drug-likeness (QED) is 0.0592. The molecule has 0 heterocycles. The summed E-state index contributed by atoms with van der Waals surface area (Å²) in [6.45, 7) is 45.6. The zero-order chi connectivity index (χ0) is 66.8. The Kier molecular flexibility index (Phi) is 22.2. The van der Waals surface area contributed by atoms with Crippen LogP contribution in [-0.2, 0) is 19.6 Å². The minimum Gasteiger partial charge on any atom is -0.345 e. The molecule has 0 bridgehead atoms. The van der Waals surface area contributed by atoms with E-state index in [0.29, 0.717) is 41.9 Å². The van der Waals surface area contributed by atoms with Gasteiger partial charge in [-0.15, -0.1) is 0 Å². The molecule has 0 spiro atoms. The number of hydrogen-bond acceptors (Lipinski definition) is 10. The average Bonchev–Trinajstić information content (AvgIpc) is 0.934. The van der Waals surface area contributed by atoms with Gasteiger partial charge in [-0.2, -0.15) is 25.5 Å². The maximum Gasteiger partial charge on any atom is 0.537 e. The second kappa shape index (κ2) is 32.1. The number of para-hydroxylation sites is 4. The largest absolute Gasteiger partial charge is 0.537 e. The van der Waals surface area contributed by atoms with Crippen molar-refractivity contribution in [1.29, 1.82) is 31.6 Å². The van der Waals surface area contributed by atoms with Gasteiger partial charge in [0.15, 0.2) is 5.57 Å². The van der Waals surface area contributed by atoms with Crippen molar-refractivity contribution < 1.29 is 0 Å². The van der Waals surface area contributed by atoms with Crippen LogP contribution in [-0.4, -0.2) is 7.05 Å². The third-order valence-corrected chi connectivity index (χ3v) is 14.6. The highest BCUT2D eigenvalue weighted by molar-refractivity contribution is 5.86. The molecule has 16 nitrogen and oxygen atoms in total. The lowest BCUT2D eigenvalue weighted by atomic mass is 10.0. The van der Waals surface area contributed by atoms with Gasteiger partial charge in [0.25, 0.3) is 17.1 Å². The minimum absolute atomic E-state index is 0.00113. The van der Waals surface area contributed by atoms with Gasteiger partial charge in [0.2, 0.25) is 5.70 Å². The fraction of sp³-hybridized carbons (Fsp3) is 0.0513. The van der Waals surface area contributed by atoms with E-state index in [1.54, 1.807) is 54.6 Å². The lowest BCUT2D eigenvalue weighted by Crippen LogP contribution is -2.20. The lowest BCUT2D eigenvalue weighted by Gasteiger charge is -2.29. The third kappa shape index (κ3) is 15.6. The van der Waals surface area contributed by atoms with Gasteiger partial charge in [-0.3, -0.25) is 0 Å². The highest BCUT2D eigenvalue weighted by atomic mass is 15.2. The Morgan fingerprint density at radius 2 is 0.564 bits per heavy atom. The number of rotatable bonds is 18. The Bertz CT molecular complexity index is 4470. The molecule has 9 aromatic rings. The number of allylic oxidation sites excluding steroid dienone is 6. The summed E-state index contributed by atoms with van der Waals surface area (Å²) in [5.41, 5.74) is 11.2. The molecule has 0 aliphatic rings. The van der Waals surface area contributed by atoms with E-state index in [1.165, 1.54) is 0 Å². The second-order valence-corrected chi connectivity index (χ2v) is 20.2. The molecule has 9 rings (SSSR count). The van der Waals surface area contributed by atoms with Crippen molar-refractivity contribution in [3.63, 3.8) is 0 Å². The summed E-state index contributed by atoms with van der Waals surface area (Å²) in [6, 6.07) is 86.2. The van der Waals surface area contributed by atoms with Crippen LogP contribution in [0.1, 0.15) is 38.9 Å². The molecule has 0 N–H and O–H groups in total. The summed E-state index contributed by atoms with van der Waals surface area (Å²) in [5, 5.41) is 57.0. The molecule has 16 heteroatoms. The highest BCUT2D eigenvalue weighted by Gasteiger charge is 2.21. The summed E-state index contributed by atoms with van der Waals surface area (Å²) in [7, 11) is 1.95. The first-order chi connectivity index (χ1) is 46.0. The van der Waals surface area contributed by atoms with Crippen molar-refractivity contribution >= 4 is 67.9 Å². The zero-order valence-corrected chi connectivity index (χ0v) is 50.3. The molecule has 0 aliphatic carbocycles. The Morgan fingerprint density at radius 3 is 0.840 bits per heavy atom. The van der Waals surface area contributed by atoms with Crippen molar-refractivity contribution in [3.8, 4) is 36.4 Å². The molecule has 0 saturated heterocycles. The summed E-state index contributed by atoms with van der Waals surface area (Å²) in [5.74, 6) is -0.300. The Labute approximate surface area is 546 Å². The lowest BCUT2D eigenvalue weighted by molar-refractivity contribution is 0.917. The SMILES string of the molecule is [C-]#[N+]/C(C#N)=C(/C#N)c1ccc(N(C)c2ccccc2)cc1.[C-]#[N+]C([N+]#[C-])=C(C#N)c1ccc(N(Cc2cc(CN(c3ccccc3)c3ccc(/C([N+]#[C-])=C(\C#N)[N+]#[C-])cc3)cc(CN(c3ccccc3)c3ccc(/C(C#N)=C(/C#N)[N+]#[C-])cc3)c2)c2ccccc2)cc1. The standard InChI is InChI=1S/C60H36N12.C18H12N4/c1-65-57(38-63)55(36-61)46-21-27-52(28-22-46)70(49-15-9-6-10-16-49)40-43-33-44(41-71(50-17-11-7-12-18-50)53-29-23-47(24-30-53)56(37-62)60(68-4)69-5)35-45(34-43)42-72(51-19-13-8-14-20-51)54-31-25-48(26-32-54)59(67-3)58(39-64)66-2;1-21-18(13-20)17(12-19)14-8-10-16(11-9-14)22(2)15-6-4-3-5-7-15/h6-35H,40-42H2;3-11H,2H3/b57-55-,59-58-;18-17-. The summed E-state index contributed by atoms with van der Waals surface area (Å²) in [6.07, 6.45) is 0. The van der Waals surface area contributed by atoms with E-state index < -0.39 is 0 Å². The topological polar surface area (TPSA) is 182 Å². The Morgan fingerprint density at radius 1 is 0.298 bits per heavy atom. The van der Waals surface area contributed by atoms with Crippen LogP contribution in [0.15, 0.2) is 260 Å². The predicted molar refractivity (Wildman–Crippen MR) is 365 cm³/mol. The molecule has 9 aromatic carbocycles. The molecule has 0 atom stereocenters. The normalized spacial score (nSPS) is 10.7. The molecular weight excluding hydrogens is 1160 g/mol. The summed E-state index contributed by atoms with van der Waals surface area (Å²) >= 11 is 0. The smallest absolute Gasteiger partial charge is 0.345 e. The number of nitriles is 6. The third-order valence-electron chi connectivity index (χ3n) is 14.6. The van der Waals surface area contributed by atoms with Gasteiger partial charge in [-0.1, -0.05) is 140 Å².